The average Bonchev–Trinajstić information content (AvgIpc) is 2.53. The Morgan fingerprint density at radius 1 is 1.23 bits per heavy atom. The van der Waals surface area contributed by atoms with Crippen LogP contribution >= 0.6 is 0 Å². The Kier molecular flexibility index (Phi) is 4.46. The average molecular weight is 309 g/mol. The van der Waals surface area contributed by atoms with Gasteiger partial charge in [0, 0.05) is 18.0 Å². The molecule has 0 aliphatic rings. The number of halogens is 3. The summed E-state index contributed by atoms with van der Waals surface area (Å²) in [5, 5.41) is 0.908. The maximum absolute atomic E-state index is 12.7. The Hall–Kier alpha value is -2.41. The highest BCUT2D eigenvalue weighted by Crippen LogP contribution is 2.31. The third-order valence-electron chi connectivity index (χ3n) is 3.28. The predicted molar refractivity (Wildman–Crippen MR) is 74.5 cm³/mol. The number of hydrazine groups is 1. The van der Waals surface area contributed by atoms with Gasteiger partial charge in [-0.05, 0) is 36.8 Å². The SMILES string of the molecule is CC(c1cccc(C(F)(F)F)c1)N(N)C(=O)c1ccncc1. The molecule has 1 aromatic carbocycles. The van der Waals surface area contributed by atoms with Gasteiger partial charge < -0.3 is 0 Å². The van der Waals surface area contributed by atoms with Crippen molar-refractivity contribution in [2.24, 2.45) is 5.84 Å². The number of benzene rings is 1. The fraction of sp³-hybridized carbons (Fsp3) is 0.200. The highest BCUT2D eigenvalue weighted by molar-refractivity contribution is 5.93. The number of nitrogens with two attached hydrogens (primary N) is 1. The number of amides is 1. The molecule has 0 saturated heterocycles. The standard InChI is InChI=1S/C15H14F3N3O/c1-10(12-3-2-4-13(9-12)15(16,17)18)21(19)14(22)11-5-7-20-8-6-11/h2-10H,19H2,1H3. The van der Waals surface area contributed by atoms with Crippen LogP contribution in [0.2, 0.25) is 0 Å². The van der Waals surface area contributed by atoms with Crippen LogP contribution in [0.15, 0.2) is 48.8 Å². The van der Waals surface area contributed by atoms with Crippen LogP contribution in [-0.2, 0) is 6.18 Å². The molecule has 1 aromatic heterocycles. The third kappa shape index (κ3) is 3.43. The Balaban J connectivity index is 2.24. The largest absolute Gasteiger partial charge is 0.416 e. The zero-order valence-electron chi connectivity index (χ0n) is 11.7. The van der Waals surface area contributed by atoms with Crippen LogP contribution in [-0.4, -0.2) is 15.9 Å². The first kappa shape index (κ1) is 16.0. The second-order valence-electron chi connectivity index (χ2n) is 4.75. The minimum Gasteiger partial charge on any atom is -0.269 e. The third-order valence-corrected chi connectivity index (χ3v) is 3.28. The first-order valence-electron chi connectivity index (χ1n) is 6.46. The molecule has 0 aliphatic heterocycles. The van der Waals surface area contributed by atoms with Crippen molar-refractivity contribution in [2.45, 2.75) is 19.1 Å². The number of pyridine rings is 1. The number of rotatable bonds is 3. The van der Waals surface area contributed by atoms with Crippen molar-refractivity contribution < 1.29 is 18.0 Å². The van der Waals surface area contributed by atoms with E-state index >= 15 is 0 Å². The summed E-state index contributed by atoms with van der Waals surface area (Å²) < 4.78 is 38.2. The van der Waals surface area contributed by atoms with E-state index in [-0.39, 0.29) is 0 Å². The van der Waals surface area contributed by atoms with Crippen LogP contribution in [0, 0.1) is 0 Å². The molecule has 1 heterocycles. The molecule has 2 N–H and O–H groups in total. The van der Waals surface area contributed by atoms with Crippen molar-refractivity contribution >= 4 is 5.91 Å². The summed E-state index contributed by atoms with van der Waals surface area (Å²) in [4.78, 5) is 16.0. The van der Waals surface area contributed by atoms with Gasteiger partial charge in [-0.15, -0.1) is 0 Å². The Labute approximate surface area is 125 Å². The van der Waals surface area contributed by atoms with E-state index in [9.17, 15) is 18.0 Å². The maximum Gasteiger partial charge on any atom is 0.416 e. The van der Waals surface area contributed by atoms with Gasteiger partial charge in [0.2, 0.25) is 0 Å². The first-order chi connectivity index (χ1) is 10.3. The van der Waals surface area contributed by atoms with Gasteiger partial charge in [-0.2, -0.15) is 13.2 Å². The molecule has 0 spiro atoms. The van der Waals surface area contributed by atoms with Crippen molar-refractivity contribution in [3.8, 4) is 0 Å². The van der Waals surface area contributed by atoms with Crippen LogP contribution in [0.4, 0.5) is 13.2 Å². The zero-order valence-corrected chi connectivity index (χ0v) is 11.7. The number of hydrogen-bond acceptors (Lipinski definition) is 3. The summed E-state index contributed by atoms with van der Waals surface area (Å²) in [5.74, 6) is 5.27. The molecule has 2 rings (SSSR count). The van der Waals surface area contributed by atoms with E-state index in [2.05, 4.69) is 4.98 Å². The summed E-state index contributed by atoms with van der Waals surface area (Å²) in [6.45, 7) is 1.56. The van der Waals surface area contributed by atoms with Crippen LogP contribution in [0.1, 0.15) is 34.5 Å². The first-order valence-corrected chi connectivity index (χ1v) is 6.46. The molecule has 0 saturated carbocycles. The van der Waals surface area contributed by atoms with Crippen LogP contribution in [0.25, 0.3) is 0 Å². The monoisotopic (exact) mass is 309 g/mol. The second kappa shape index (κ2) is 6.15. The summed E-state index contributed by atoms with van der Waals surface area (Å²) in [6, 6.07) is 7.02. The quantitative estimate of drug-likeness (QED) is 0.538. The molecule has 0 fully saturated rings. The molecule has 0 bridgehead atoms. The summed E-state index contributed by atoms with van der Waals surface area (Å²) >= 11 is 0. The summed E-state index contributed by atoms with van der Waals surface area (Å²) in [7, 11) is 0. The lowest BCUT2D eigenvalue weighted by Crippen LogP contribution is -2.39. The molecule has 1 atom stereocenters. The van der Waals surface area contributed by atoms with Gasteiger partial charge in [0.05, 0.1) is 11.6 Å². The van der Waals surface area contributed by atoms with Gasteiger partial charge in [-0.25, -0.2) is 5.84 Å². The highest BCUT2D eigenvalue weighted by atomic mass is 19.4. The van der Waals surface area contributed by atoms with Gasteiger partial charge in [-0.3, -0.25) is 14.8 Å². The number of hydrogen-bond donors (Lipinski definition) is 1. The Bertz CT molecular complexity index is 659. The van der Waals surface area contributed by atoms with Crippen molar-refractivity contribution in [2.75, 3.05) is 0 Å². The second-order valence-corrected chi connectivity index (χ2v) is 4.75. The molecule has 0 aliphatic carbocycles. The lowest BCUT2D eigenvalue weighted by atomic mass is 10.0. The van der Waals surface area contributed by atoms with Crippen molar-refractivity contribution in [3.05, 3.63) is 65.5 Å². The zero-order chi connectivity index (χ0) is 16.3. The van der Waals surface area contributed by atoms with Crippen LogP contribution < -0.4 is 5.84 Å². The fourth-order valence-electron chi connectivity index (χ4n) is 1.95. The fourth-order valence-corrected chi connectivity index (χ4v) is 1.95. The molecular formula is C15H14F3N3O. The number of aromatic nitrogens is 1. The smallest absolute Gasteiger partial charge is 0.269 e. The molecule has 1 unspecified atom stereocenters. The van der Waals surface area contributed by atoms with E-state index in [0.717, 1.165) is 17.1 Å². The van der Waals surface area contributed by atoms with E-state index < -0.39 is 23.7 Å². The molecule has 4 nitrogen and oxygen atoms in total. The maximum atomic E-state index is 12.7. The molecule has 1 amide bonds. The predicted octanol–water partition coefficient (Wildman–Crippen LogP) is 3.18. The molecule has 0 radical (unpaired) electrons. The lowest BCUT2D eigenvalue weighted by molar-refractivity contribution is -0.137. The van der Waals surface area contributed by atoms with Gasteiger partial charge in [0.25, 0.3) is 5.91 Å². The van der Waals surface area contributed by atoms with Crippen molar-refractivity contribution in [1.82, 2.24) is 9.99 Å². The van der Waals surface area contributed by atoms with Crippen LogP contribution in [0.5, 0.6) is 0 Å². The number of carbonyl (C=O) groups is 1. The molecule has 2 aromatic rings. The topological polar surface area (TPSA) is 59.2 Å². The van der Waals surface area contributed by atoms with Gasteiger partial charge in [-0.1, -0.05) is 12.1 Å². The van der Waals surface area contributed by atoms with E-state index in [1.54, 1.807) is 6.92 Å². The van der Waals surface area contributed by atoms with E-state index in [4.69, 9.17) is 5.84 Å². The normalized spacial score (nSPS) is 12.8. The van der Waals surface area contributed by atoms with Gasteiger partial charge in [0.15, 0.2) is 0 Å². The molecule has 7 heteroatoms. The highest BCUT2D eigenvalue weighted by Gasteiger charge is 2.31. The lowest BCUT2D eigenvalue weighted by Gasteiger charge is -2.25. The number of alkyl halides is 3. The summed E-state index contributed by atoms with van der Waals surface area (Å²) in [6.07, 6.45) is -1.56. The minimum atomic E-state index is -4.44. The van der Waals surface area contributed by atoms with Gasteiger partial charge >= 0.3 is 6.18 Å². The van der Waals surface area contributed by atoms with Gasteiger partial charge in [0.1, 0.15) is 0 Å². The van der Waals surface area contributed by atoms with E-state index in [0.29, 0.717) is 11.1 Å². The summed E-state index contributed by atoms with van der Waals surface area (Å²) in [5.41, 5.74) is -0.155. The van der Waals surface area contributed by atoms with Crippen molar-refractivity contribution in [1.29, 1.82) is 0 Å². The number of nitrogens with zero attached hydrogens (tertiary/aromatic N) is 2. The molecule has 22 heavy (non-hydrogen) atoms. The minimum absolute atomic E-state index is 0.305. The molecule has 116 valence electrons. The Morgan fingerprint density at radius 3 is 2.45 bits per heavy atom. The van der Waals surface area contributed by atoms with Crippen molar-refractivity contribution in [3.63, 3.8) is 0 Å². The molecular weight excluding hydrogens is 295 g/mol. The van der Waals surface area contributed by atoms with Crippen LogP contribution in [0.3, 0.4) is 0 Å². The van der Waals surface area contributed by atoms with E-state index in [1.807, 2.05) is 0 Å². The number of carbonyl (C=O) groups excluding carboxylic acids is 1. The van der Waals surface area contributed by atoms with E-state index in [1.165, 1.54) is 36.7 Å². The Morgan fingerprint density at radius 2 is 1.86 bits per heavy atom.